The molecule has 0 radical (unpaired) electrons. The molecule has 2 N–H and O–H groups in total. The number of urea groups is 1. The molecule has 1 atom stereocenters. The van der Waals surface area contributed by atoms with Crippen molar-refractivity contribution in [3.8, 4) is 16.9 Å². The molecule has 1 fully saturated rings. The Labute approximate surface area is 202 Å². The van der Waals surface area contributed by atoms with Crippen molar-refractivity contribution in [3.05, 3.63) is 71.0 Å². The molecular weight excluding hydrogens is 479 g/mol. The number of hydrogen-bond donors (Lipinski definition) is 2. The van der Waals surface area contributed by atoms with Crippen molar-refractivity contribution in [2.24, 2.45) is 7.05 Å². The number of nitrogens with zero attached hydrogens (tertiary/aromatic N) is 3. The Morgan fingerprint density at radius 1 is 1.08 bits per heavy atom. The molecule has 1 saturated heterocycles. The zero-order chi connectivity index (χ0) is 25.8. The van der Waals surface area contributed by atoms with Gasteiger partial charge in [0.2, 0.25) is 0 Å². The first-order valence-electron chi connectivity index (χ1n) is 10.8. The molecule has 12 heteroatoms. The lowest BCUT2D eigenvalue weighted by molar-refractivity contribution is -0.143. The molecule has 0 unspecified atom stereocenters. The lowest BCUT2D eigenvalue weighted by Gasteiger charge is -2.31. The average molecular weight is 499 g/mol. The van der Waals surface area contributed by atoms with E-state index in [9.17, 15) is 27.6 Å². The molecule has 186 valence electrons. The van der Waals surface area contributed by atoms with E-state index < -0.39 is 29.3 Å². The Morgan fingerprint density at radius 3 is 2.42 bits per heavy atom. The summed E-state index contributed by atoms with van der Waals surface area (Å²) in [6, 6.07) is 10.1. The normalized spacial score (nSPS) is 19.4. The van der Waals surface area contributed by atoms with E-state index in [0.717, 1.165) is 16.4 Å². The first-order chi connectivity index (χ1) is 17.0. The third-order valence-corrected chi connectivity index (χ3v) is 6.46. The number of hydrogen-bond acceptors (Lipinski definition) is 5. The molecule has 0 aliphatic carbocycles. The number of carbonyl (C=O) groups excluding carboxylic acids is 3. The summed E-state index contributed by atoms with van der Waals surface area (Å²) in [5.41, 5.74) is -0.936. The third kappa shape index (κ3) is 3.65. The summed E-state index contributed by atoms with van der Waals surface area (Å²) in [4.78, 5) is 39.7. The van der Waals surface area contributed by atoms with Gasteiger partial charge in [-0.2, -0.15) is 18.3 Å². The van der Waals surface area contributed by atoms with E-state index >= 15 is 0 Å². The van der Waals surface area contributed by atoms with Crippen LogP contribution in [-0.4, -0.2) is 46.2 Å². The van der Waals surface area contributed by atoms with E-state index in [1.807, 2.05) is 0 Å². The highest BCUT2D eigenvalue weighted by Gasteiger charge is 2.50. The Hall–Kier alpha value is -4.35. The van der Waals surface area contributed by atoms with Crippen LogP contribution in [-0.2, 0) is 30.1 Å². The van der Waals surface area contributed by atoms with Gasteiger partial charge in [-0.25, -0.2) is 4.79 Å². The van der Waals surface area contributed by atoms with Crippen molar-refractivity contribution < 1.29 is 32.3 Å². The van der Waals surface area contributed by atoms with Crippen LogP contribution in [0.25, 0.3) is 11.1 Å². The van der Waals surface area contributed by atoms with Crippen LogP contribution in [0.3, 0.4) is 0 Å². The van der Waals surface area contributed by atoms with Gasteiger partial charge in [0, 0.05) is 24.7 Å². The Bertz CT molecular complexity index is 1400. The first kappa shape index (κ1) is 23.4. The first-order valence-corrected chi connectivity index (χ1v) is 10.8. The summed E-state index contributed by atoms with van der Waals surface area (Å²) in [5, 5.41) is 8.54. The number of benzene rings is 2. The molecule has 0 bridgehead atoms. The molecule has 2 aliphatic rings. The van der Waals surface area contributed by atoms with Crippen molar-refractivity contribution in [1.29, 1.82) is 0 Å². The standard InChI is InChI=1S/C24H20F3N5O4/c1-31-19(24(25,26)27)18(10-28-31)13-3-6-15(7-4-13)23(21(34)29-22(35)30-23)12-32-11-14-5-8-16(36-2)9-17(14)20(32)33/h3-10H,11-12H2,1-2H3,(H2,29,30,34,35)/t23-/m1/s1. The number of aromatic nitrogens is 2. The number of alkyl halides is 3. The van der Waals surface area contributed by atoms with Crippen LogP contribution in [0.2, 0.25) is 0 Å². The van der Waals surface area contributed by atoms with Crippen molar-refractivity contribution in [2.75, 3.05) is 13.7 Å². The van der Waals surface area contributed by atoms with Gasteiger partial charge in [0.25, 0.3) is 11.8 Å². The van der Waals surface area contributed by atoms with Crippen molar-refractivity contribution >= 4 is 17.8 Å². The number of amides is 4. The largest absolute Gasteiger partial charge is 0.497 e. The lowest BCUT2D eigenvalue weighted by Crippen LogP contribution is -2.52. The summed E-state index contributed by atoms with van der Waals surface area (Å²) in [7, 11) is 2.69. The lowest BCUT2D eigenvalue weighted by atomic mass is 9.88. The smallest absolute Gasteiger partial charge is 0.433 e. The Morgan fingerprint density at radius 2 is 1.81 bits per heavy atom. The molecule has 36 heavy (non-hydrogen) atoms. The fourth-order valence-electron chi connectivity index (χ4n) is 4.70. The van der Waals surface area contributed by atoms with Gasteiger partial charge >= 0.3 is 12.2 Å². The summed E-state index contributed by atoms with van der Waals surface area (Å²) in [6.45, 7) is 0.0339. The predicted octanol–water partition coefficient (Wildman–Crippen LogP) is 2.81. The number of ether oxygens (including phenoxy) is 1. The summed E-state index contributed by atoms with van der Waals surface area (Å²) in [6.07, 6.45) is -3.50. The fourth-order valence-corrected chi connectivity index (χ4v) is 4.70. The maximum absolute atomic E-state index is 13.5. The molecular formula is C24H20F3N5O4. The van der Waals surface area contributed by atoms with Crippen LogP contribution >= 0.6 is 0 Å². The third-order valence-electron chi connectivity index (χ3n) is 6.46. The van der Waals surface area contributed by atoms with Gasteiger partial charge in [-0.05, 0) is 28.8 Å². The van der Waals surface area contributed by atoms with Gasteiger partial charge in [0.05, 0.1) is 19.9 Å². The van der Waals surface area contributed by atoms with E-state index in [-0.39, 0.29) is 30.1 Å². The number of halogens is 3. The van der Waals surface area contributed by atoms with Crippen molar-refractivity contribution in [2.45, 2.75) is 18.3 Å². The predicted molar refractivity (Wildman–Crippen MR) is 120 cm³/mol. The molecule has 5 rings (SSSR count). The average Bonchev–Trinajstić information content (AvgIpc) is 3.47. The van der Waals surface area contributed by atoms with E-state index in [1.54, 1.807) is 18.2 Å². The zero-order valence-electron chi connectivity index (χ0n) is 19.1. The molecule has 2 aromatic carbocycles. The van der Waals surface area contributed by atoms with Gasteiger partial charge in [-0.15, -0.1) is 0 Å². The maximum Gasteiger partial charge on any atom is 0.433 e. The second-order valence-corrected chi connectivity index (χ2v) is 8.60. The van der Waals surface area contributed by atoms with Crippen molar-refractivity contribution in [3.63, 3.8) is 0 Å². The highest BCUT2D eigenvalue weighted by Crippen LogP contribution is 2.38. The second-order valence-electron chi connectivity index (χ2n) is 8.60. The van der Waals surface area contributed by atoms with E-state index in [1.165, 1.54) is 43.3 Å². The molecule has 0 spiro atoms. The SMILES string of the molecule is COc1ccc2c(c1)C(=O)N(C[C@]1(c3ccc(-c4cnn(C)c4C(F)(F)F)cc3)NC(=O)NC1=O)C2. The molecule has 0 saturated carbocycles. The van der Waals surface area contributed by atoms with E-state index in [0.29, 0.717) is 16.9 Å². The van der Waals surface area contributed by atoms with Crippen molar-refractivity contribution in [1.82, 2.24) is 25.3 Å². The summed E-state index contributed by atoms with van der Waals surface area (Å²) >= 11 is 0. The van der Waals surface area contributed by atoms with Crippen LogP contribution in [0.1, 0.15) is 27.2 Å². The molecule has 9 nitrogen and oxygen atoms in total. The van der Waals surface area contributed by atoms with Gasteiger partial charge in [-0.1, -0.05) is 30.3 Å². The topological polar surface area (TPSA) is 106 Å². The van der Waals surface area contributed by atoms with Gasteiger partial charge in [0.1, 0.15) is 11.4 Å². The monoisotopic (exact) mass is 499 g/mol. The van der Waals surface area contributed by atoms with Gasteiger partial charge in [0.15, 0.2) is 5.54 Å². The Balaban J connectivity index is 1.49. The van der Waals surface area contributed by atoms with Crippen LogP contribution in [0.5, 0.6) is 5.75 Å². The number of carbonyl (C=O) groups is 3. The Kier molecular flexibility index (Phi) is 5.27. The molecule has 1 aromatic heterocycles. The second kappa shape index (κ2) is 8.11. The van der Waals surface area contributed by atoms with Crippen LogP contribution < -0.4 is 15.4 Å². The molecule has 4 amide bonds. The molecule has 2 aliphatic heterocycles. The molecule has 3 aromatic rings. The number of methoxy groups -OCH3 is 1. The zero-order valence-corrected chi connectivity index (χ0v) is 19.1. The highest BCUT2D eigenvalue weighted by atomic mass is 19.4. The number of nitrogens with one attached hydrogen (secondary N) is 2. The van der Waals surface area contributed by atoms with E-state index in [4.69, 9.17) is 4.74 Å². The van der Waals surface area contributed by atoms with Crippen LogP contribution in [0.15, 0.2) is 48.7 Å². The maximum atomic E-state index is 13.5. The number of rotatable bonds is 5. The van der Waals surface area contributed by atoms with Crippen LogP contribution in [0, 0.1) is 0 Å². The highest BCUT2D eigenvalue weighted by molar-refractivity contribution is 6.08. The number of imide groups is 1. The summed E-state index contributed by atoms with van der Waals surface area (Å²) in [5.74, 6) is -0.493. The van der Waals surface area contributed by atoms with Crippen LogP contribution in [0.4, 0.5) is 18.0 Å². The minimum absolute atomic E-state index is 0.121. The number of aryl methyl sites for hydroxylation is 1. The minimum Gasteiger partial charge on any atom is -0.497 e. The molecule has 3 heterocycles. The number of fused-ring (bicyclic) bond motifs is 1. The summed E-state index contributed by atoms with van der Waals surface area (Å²) < 4.78 is 46.5. The fraction of sp³-hybridized carbons (Fsp3) is 0.250. The van der Waals surface area contributed by atoms with E-state index in [2.05, 4.69) is 15.7 Å². The minimum atomic E-state index is -4.62. The quantitative estimate of drug-likeness (QED) is 0.526. The van der Waals surface area contributed by atoms with Gasteiger partial charge in [-0.3, -0.25) is 19.6 Å². The van der Waals surface area contributed by atoms with Gasteiger partial charge < -0.3 is 15.0 Å².